The summed E-state index contributed by atoms with van der Waals surface area (Å²) in [6.45, 7) is 0.612. The van der Waals surface area contributed by atoms with Crippen LogP contribution in [0, 0.1) is 0 Å². The first kappa shape index (κ1) is 14.5. The van der Waals surface area contributed by atoms with E-state index < -0.39 is 0 Å². The SMILES string of the molecule is COc1ccc(C2CC(=O)Nc3[nH]ncc32)cc1Cn1cccn1. The van der Waals surface area contributed by atoms with Gasteiger partial charge in [0.1, 0.15) is 11.6 Å². The van der Waals surface area contributed by atoms with Gasteiger partial charge in [0.15, 0.2) is 0 Å². The molecule has 0 saturated carbocycles. The number of methoxy groups -OCH3 is 1. The fourth-order valence-electron chi connectivity index (χ4n) is 3.15. The second kappa shape index (κ2) is 5.84. The minimum atomic E-state index is -0.0187. The molecule has 1 aliphatic rings. The van der Waals surface area contributed by atoms with Crippen molar-refractivity contribution in [3.05, 3.63) is 59.5 Å². The van der Waals surface area contributed by atoms with E-state index in [0.717, 1.165) is 22.4 Å². The third kappa shape index (κ3) is 2.54. The number of ether oxygens (including phenoxy) is 1. The Morgan fingerprint density at radius 3 is 3.12 bits per heavy atom. The van der Waals surface area contributed by atoms with Gasteiger partial charge in [-0.1, -0.05) is 6.07 Å². The van der Waals surface area contributed by atoms with Crippen LogP contribution in [0.15, 0.2) is 42.9 Å². The predicted molar refractivity (Wildman–Crippen MR) is 88.0 cm³/mol. The van der Waals surface area contributed by atoms with Gasteiger partial charge < -0.3 is 10.1 Å². The zero-order valence-electron chi connectivity index (χ0n) is 13.2. The molecule has 1 aromatic carbocycles. The maximum absolute atomic E-state index is 12.0. The third-order valence-corrected chi connectivity index (χ3v) is 4.30. The quantitative estimate of drug-likeness (QED) is 0.770. The number of rotatable bonds is 4. The highest BCUT2D eigenvalue weighted by atomic mass is 16.5. The summed E-state index contributed by atoms with van der Waals surface area (Å²) in [5, 5.41) is 14.0. The summed E-state index contributed by atoms with van der Waals surface area (Å²) in [6, 6.07) is 7.92. The minimum Gasteiger partial charge on any atom is -0.496 e. The lowest BCUT2D eigenvalue weighted by Crippen LogP contribution is -2.23. The standard InChI is InChI=1S/C17H17N5O2/c1-24-15-4-3-11(7-12(15)10-22-6-2-5-19-22)13-8-16(23)20-17-14(13)9-18-21-17/h2-7,9,13H,8,10H2,1H3,(H2,18,20,21,23). The van der Waals surface area contributed by atoms with Gasteiger partial charge >= 0.3 is 0 Å². The smallest absolute Gasteiger partial charge is 0.226 e. The molecule has 122 valence electrons. The summed E-state index contributed by atoms with van der Waals surface area (Å²) >= 11 is 0. The molecule has 0 saturated heterocycles. The van der Waals surface area contributed by atoms with Crippen molar-refractivity contribution in [1.82, 2.24) is 20.0 Å². The second-order valence-corrected chi connectivity index (χ2v) is 5.78. The molecule has 7 heteroatoms. The van der Waals surface area contributed by atoms with E-state index in [4.69, 9.17) is 4.74 Å². The molecule has 3 heterocycles. The molecule has 3 aromatic rings. The largest absolute Gasteiger partial charge is 0.496 e. The molecule has 0 radical (unpaired) electrons. The Labute approximate surface area is 138 Å². The van der Waals surface area contributed by atoms with Gasteiger partial charge in [0.25, 0.3) is 0 Å². The molecule has 24 heavy (non-hydrogen) atoms. The van der Waals surface area contributed by atoms with Crippen molar-refractivity contribution >= 4 is 11.7 Å². The molecular formula is C17H17N5O2. The van der Waals surface area contributed by atoms with Crippen molar-refractivity contribution in [3.63, 3.8) is 0 Å². The molecule has 7 nitrogen and oxygen atoms in total. The summed E-state index contributed by atoms with van der Waals surface area (Å²) in [5.41, 5.74) is 3.09. The Balaban J connectivity index is 1.73. The van der Waals surface area contributed by atoms with E-state index in [9.17, 15) is 4.79 Å². The average molecular weight is 323 g/mol. The van der Waals surface area contributed by atoms with Crippen molar-refractivity contribution in [1.29, 1.82) is 0 Å². The van der Waals surface area contributed by atoms with Crippen LogP contribution in [0.2, 0.25) is 0 Å². The lowest BCUT2D eigenvalue weighted by molar-refractivity contribution is -0.116. The average Bonchev–Trinajstić information content (AvgIpc) is 3.25. The summed E-state index contributed by atoms with van der Waals surface area (Å²) in [5.74, 6) is 1.46. The first-order chi connectivity index (χ1) is 11.7. The molecule has 2 N–H and O–H groups in total. The molecule has 0 aliphatic carbocycles. The Kier molecular flexibility index (Phi) is 3.53. The highest BCUT2D eigenvalue weighted by molar-refractivity contribution is 5.94. The highest BCUT2D eigenvalue weighted by Crippen LogP contribution is 2.37. The van der Waals surface area contributed by atoms with Gasteiger partial charge in [0.05, 0.1) is 19.9 Å². The molecule has 1 unspecified atom stereocenters. The number of aromatic amines is 1. The monoisotopic (exact) mass is 323 g/mol. The molecule has 1 atom stereocenters. The van der Waals surface area contributed by atoms with Crippen molar-refractivity contribution in [2.24, 2.45) is 0 Å². The second-order valence-electron chi connectivity index (χ2n) is 5.78. The number of benzene rings is 1. The topological polar surface area (TPSA) is 84.8 Å². The number of nitrogens with one attached hydrogen (secondary N) is 2. The number of H-pyrrole nitrogens is 1. The summed E-state index contributed by atoms with van der Waals surface area (Å²) < 4.78 is 7.32. The summed E-state index contributed by atoms with van der Waals surface area (Å²) in [4.78, 5) is 12.0. The third-order valence-electron chi connectivity index (χ3n) is 4.30. The Bertz CT molecular complexity index is 869. The van der Waals surface area contributed by atoms with Crippen LogP contribution >= 0.6 is 0 Å². The molecule has 1 aliphatic heterocycles. The van der Waals surface area contributed by atoms with Crippen molar-refractivity contribution in [2.45, 2.75) is 18.9 Å². The van der Waals surface area contributed by atoms with E-state index in [1.165, 1.54) is 0 Å². The number of hydrogen-bond donors (Lipinski definition) is 2. The van der Waals surface area contributed by atoms with Gasteiger partial charge in [-0.25, -0.2) is 0 Å². The van der Waals surface area contributed by atoms with Gasteiger partial charge in [0.2, 0.25) is 5.91 Å². The number of carbonyl (C=O) groups excluding carboxylic acids is 1. The number of anilines is 1. The molecule has 0 bridgehead atoms. The van der Waals surface area contributed by atoms with Crippen LogP contribution in [0.4, 0.5) is 5.82 Å². The van der Waals surface area contributed by atoms with E-state index in [2.05, 4.69) is 26.7 Å². The zero-order chi connectivity index (χ0) is 16.5. The maximum atomic E-state index is 12.0. The molecule has 0 spiro atoms. The number of amides is 1. The lowest BCUT2D eigenvalue weighted by atomic mass is 9.86. The van der Waals surface area contributed by atoms with Crippen LogP contribution in [-0.2, 0) is 11.3 Å². The van der Waals surface area contributed by atoms with E-state index >= 15 is 0 Å². The number of hydrogen-bond acceptors (Lipinski definition) is 4. The molecule has 2 aromatic heterocycles. The molecule has 0 fully saturated rings. The Morgan fingerprint density at radius 1 is 1.42 bits per heavy atom. The van der Waals surface area contributed by atoms with Crippen molar-refractivity contribution < 1.29 is 9.53 Å². The van der Waals surface area contributed by atoms with Gasteiger partial charge in [-0.2, -0.15) is 10.2 Å². The number of fused-ring (bicyclic) bond motifs is 1. The fraction of sp³-hybridized carbons (Fsp3) is 0.235. The van der Waals surface area contributed by atoms with E-state index in [1.54, 1.807) is 19.5 Å². The van der Waals surface area contributed by atoms with Gasteiger partial charge in [-0.15, -0.1) is 0 Å². The fourth-order valence-corrected chi connectivity index (χ4v) is 3.15. The van der Waals surface area contributed by atoms with Crippen LogP contribution < -0.4 is 10.1 Å². The van der Waals surface area contributed by atoms with E-state index in [1.807, 2.05) is 29.1 Å². The molecular weight excluding hydrogens is 306 g/mol. The first-order valence-corrected chi connectivity index (χ1v) is 7.72. The Hall–Kier alpha value is -3.09. The normalized spacial score (nSPS) is 16.5. The Morgan fingerprint density at radius 2 is 2.33 bits per heavy atom. The van der Waals surface area contributed by atoms with Gasteiger partial charge in [-0.05, 0) is 23.8 Å². The van der Waals surface area contributed by atoms with Crippen molar-refractivity contribution in [2.75, 3.05) is 12.4 Å². The molecule has 1 amide bonds. The number of carbonyl (C=O) groups is 1. The van der Waals surface area contributed by atoms with Crippen LogP contribution in [-0.4, -0.2) is 33.0 Å². The van der Waals surface area contributed by atoms with Crippen molar-refractivity contribution in [3.8, 4) is 5.75 Å². The van der Waals surface area contributed by atoms with Crippen LogP contribution in [0.1, 0.15) is 29.0 Å². The number of nitrogens with zero attached hydrogens (tertiary/aromatic N) is 3. The van der Waals surface area contributed by atoms with Crippen LogP contribution in [0.5, 0.6) is 5.75 Å². The highest BCUT2D eigenvalue weighted by Gasteiger charge is 2.28. The predicted octanol–water partition coefficient (Wildman–Crippen LogP) is 2.14. The van der Waals surface area contributed by atoms with E-state index in [-0.39, 0.29) is 11.8 Å². The maximum Gasteiger partial charge on any atom is 0.226 e. The zero-order valence-corrected chi connectivity index (χ0v) is 13.2. The van der Waals surface area contributed by atoms with Gasteiger partial charge in [-0.3, -0.25) is 14.6 Å². The van der Waals surface area contributed by atoms with E-state index in [0.29, 0.717) is 18.8 Å². The summed E-state index contributed by atoms with van der Waals surface area (Å²) in [7, 11) is 1.66. The number of aromatic nitrogens is 4. The first-order valence-electron chi connectivity index (χ1n) is 7.72. The van der Waals surface area contributed by atoms with Crippen LogP contribution in [0.25, 0.3) is 0 Å². The lowest BCUT2D eigenvalue weighted by Gasteiger charge is -2.23. The van der Waals surface area contributed by atoms with Crippen LogP contribution in [0.3, 0.4) is 0 Å². The van der Waals surface area contributed by atoms with Gasteiger partial charge in [0, 0.05) is 35.9 Å². The minimum absolute atomic E-state index is 0.0128. The summed E-state index contributed by atoms with van der Waals surface area (Å²) in [6.07, 6.45) is 5.84. The molecule has 4 rings (SSSR count).